The van der Waals surface area contributed by atoms with Gasteiger partial charge < -0.3 is 9.42 Å². The first-order chi connectivity index (χ1) is 12.6. The van der Waals surface area contributed by atoms with Crippen LogP contribution in [0.3, 0.4) is 0 Å². The van der Waals surface area contributed by atoms with Crippen molar-refractivity contribution in [2.75, 3.05) is 13.1 Å². The van der Waals surface area contributed by atoms with E-state index in [4.69, 9.17) is 4.52 Å². The zero-order valence-electron chi connectivity index (χ0n) is 14.8. The Morgan fingerprint density at radius 2 is 2.27 bits per heavy atom. The lowest BCUT2D eigenvalue weighted by Crippen LogP contribution is -2.29. The summed E-state index contributed by atoms with van der Waals surface area (Å²) in [5.74, 6) is 1.14. The van der Waals surface area contributed by atoms with Gasteiger partial charge in [0.15, 0.2) is 0 Å². The van der Waals surface area contributed by atoms with Gasteiger partial charge in [-0.2, -0.15) is 5.10 Å². The van der Waals surface area contributed by atoms with Crippen molar-refractivity contribution in [1.29, 1.82) is 0 Å². The number of carbonyl (C=O) groups excluding carboxylic acids is 1. The molecule has 0 spiro atoms. The van der Waals surface area contributed by atoms with Crippen molar-refractivity contribution < 1.29 is 9.32 Å². The Balaban J connectivity index is 1.45. The molecule has 0 radical (unpaired) electrons. The lowest BCUT2D eigenvalue weighted by molar-refractivity contribution is 0.0781. The van der Waals surface area contributed by atoms with Crippen molar-refractivity contribution in [3.8, 4) is 11.3 Å². The van der Waals surface area contributed by atoms with Crippen LogP contribution in [0.25, 0.3) is 11.3 Å². The molecule has 4 heterocycles. The van der Waals surface area contributed by atoms with Crippen LogP contribution < -0.4 is 0 Å². The number of aromatic nitrogens is 5. The summed E-state index contributed by atoms with van der Waals surface area (Å²) in [6, 6.07) is 3.70. The predicted molar refractivity (Wildman–Crippen MR) is 93.3 cm³/mol. The minimum absolute atomic E-state index is 0.00379. The maximum Gasteiger partial charge on any atom is 0.271 e. The highest BCUT2D eigenvalue weighted by Gasteiger charge is 2.28. The summed E-state index contributed by atoms with van der Waals surface area (Å²) < 4.78 is 5.24. The molecule has 4 rings (SSSR count). The monoisotopic (exact) mass is 352 g/mol. The van der Waals surface area contributed by atoms with Crippen LogP contribution in [0.1, 0.15) is 34.1 Å². The van der Waals surface area contributed by atoms with E-state index < -0.39 is 0 Å². The summed E-state index contributed by atoms with van der Waals surface area (Å²) in [5.41, 5.74) is 4.08. The van der Waals surface area contributed by atoms with Crippen LogP contribution in [0, 0.1) is 19.8 Å². The number of amides is 1. The van der Waals surface area contributed by atoms with E-state index in [9.17, 15) is 4.79 Å². The highest BCUT2D eigenvalue weighted by molar-refractivity contribution is 5.92. The first-order valence-electron chi connectivity index (χ1n) is 8.64. The molecule has 134 valence electrons. The molecule has 8 nitrogen and oxygen atoms in total. The van der Waals surface area contributed by atoms with Gasteiger partial charge >= 0.3 is 0 Å². The van der Waals surface area contributed by atoms with E-state index in [1.54, 1.807) is 18.6 Å². The third kappa shape index (κ3) is 3.10. The highest BCUT2D eigenvalue weighted by Crippen LogP contribution is 2.27. The van der Waals surface area contributed by atoms with Crippen molar-refractivity contribution in [2.45, 2.75) is 26.7 Å². The third-order valence-corrected chi connectivity index (χ3v) is 4.82. The van der Waals surface area contributed by atoms with Crippen molar-refractivity contribution in [1.82, 2.24) is 30.2 Å². The molecule has 0 saturated carbocycles. The quantitative estimate of drug-likeness (QED) is 0.772. The Kier molecular flexibility index (Phi) is 4.24. The second kappa shape index (κ2) is 6.70. The van der Waals surface area contributed by atoms with Gasteiger partial charge in [-0.25, -0.2) is 9.97 Å². The smallest absolute Gasteiger partial charge is 0.271 e. The molecule has 3 aromatic heterocycles. The Morgan fingerprint density at radius 1 is 1.38 bits per heavy atom. The number of hydrogen-bond acceptors (Lipinski definition) is 6. The average molecular weight is 352 g/mol. The fourth-order valence-electron chi connectivity index (χ4n) is 3.52. The maximum atomic E-state index is 12.4. The molecule has 26 heavy (non-hydrogen) atoms. The maximum absolute atomic E-state index is 12.4. The molecule has 0 bridgehead atoms. The van der Waals surface area contributed by atoms with Crippen LogP contribution >= 0.6 is 0 Å². The first kappa shape index (κ1) is 16.4. The van der Waals surface area contributed by atoms with Crippen LogP contribution in [0.5, 0.6) is 0 Å². The molecular formula is C18H20N6O2. The van der Waals surface area contributed by atoms with E-state index in [2.05, 4.69) is 25.3 Å². The fraction of sp³-hybridized carbons (Fsp3) is 0.389. The van der Waals surface area contributed by atoms with Crippen LogP contribution in [0.15, 0.2) is 29.2 Å². The van der Waals surface area contributed by atoms with E-state index in [1.165, 1.54) is 0 Å². The fourth-order valence-corrected chi connectivity index (χ4v) is 3.52. The average Bonchev–Trinajstić information content (AvgIpc) is 3.37. The van der Waals surface area contributed by atoms with Crippen molar-refractivity contribution in [3.63, 3.8) is 0 Å². The summed E-state index contributed by atoms with van der Waals surface area (Å²) in [7, 11) is 0. The lowest BCUT2D eigenvalue weighted by Gasteiger charge is -2.15. The lowest BCUT2D eigenvalue weighted by atomic mass is 10.0. The minimum atomic E-state index is 0.00379. The summed E-state index contributed by atoms with van der Waals surface area (Å²) in [4.78, 5) is 23.1. The molecule has 8 heteroatoms. The molecule has 1 saturated heterocycles. The molecule has 1 aliphatic rings. The molecule has 1 amide bonds. The predicted octanol–water partition coefficient (Wildman–Crippen LogP) is 2.18. The molecule has 1 fully saturated rings. The van der Waals surface area contributed by atoms with E-state index in [1.807, 2.05) is 24.8 Å². The number of likely N-dealkylation sites (tertiary alicyclic amines) is 1. The summed E-state index contributed by atoms with van der Waals surface area (Å²) in [6.07, 6.45) is 4.95. The van der Waals surface area contributed by atoms with Gasteiger partial charge in [0.25, 0.3) is 5.91 Å². The number of rotatable bonds is 4. The van der Waals surface area contributed by atoms with E-state index in [0.29, 0.717) is 11.6 Å². The summed E-state index contributed by atoms with van der Waals surface area (Å²) >= 11 is 0. The Bertz CT molecular complexity index is 898. The van der Waals surface area contributed by atoms with Crippen LogP contribution in [0.4, 0.5) is 0 Å². The number of carbonyl (C=O) groups is 1. The van der Waals surface area contributed by atoms with E-state index >= 15 is 0 Å². The Hall–Kier alpha value is -3.03. The standard InChI is InChI=1S/C18H20N6O2/c1-11-17(12(2)26-23-11)16-8-14(19-10-20-16)7-13-4-6-24(9-13)18(25)15-3-5-21-22-15/h3,5,8,10,13H,4,6-7,9H2,1-2H3,(H,21,22)/t13-/m1/s1. The second-order valence-electron chi connectivity index (χ2n) is 6.67. The molecule has 3 aromatic rings. The molecule has 0 aromatic carbocycles. The van der Waals surface area contributed by atoms with Gasteiger partial charge in [-0.1, -0.05) is 5.16 Å². The number of aromatic amines is 1. The van der Waals surface area contributed by atoms with Gasteiger partial charge in [0.1, 0.15) is 17.8 Å². The minimum Gasteiger partial charge on any atom is -0.361 e. The summed E-state index contributed by atoms with van der Waals surface area (Å²) in [6.45, 7) is 5.27. The zero-order chi connectivity index (χ0) is 18.1. The Morgan fingerprint density at radius 3 is 3.00 bits per heavy atom. The zero-order valence-corrected chi connectivity index (χ0v) is 14.8. The van der Waals surface area contributed by atoms with Gasteiger partial charge in [-0.15, -0.1) is 0 Å². The third-order valence-electron chi connectivity index (χ3n) is 4.82. The van der Waals surface area contributed by atoms with Gasteiger partial charge in [-0.3, -0.25) is 9.89 Å². The topological polar surface area (TPSA) is 101 Å². The van der Waals surface area contributed by atoms with Gasteiger partial charge in [0.2, 0.25) is 0 Å². The van der Waals surface area contributed by atoms with Crippen molar-refractivity contribution >= 4 is 5.91 Å². The number of nitrogens with one attached hydrogen (secondary N) is 1. The van der Waals surface area contributed by atoms with Gasteiger partial charge in [0, 0.05) is 25.0 Å². The SMILES string of the molecule is Cc1noc(C)c1-c1cc(C[C@H]2CCN(C(=O)c3ccn[nH]3)C2)ncn1. The Labute approximate surface area is 150 Å². The number of H-pyrrole nitrogens is 1. The molecule has 1 N–H and O–H groups in total. The van der Waals surface area contributed by atoms with Crippen molar-refractivity contribution in [2.24, 2.45) is 5.92 Å². The molecule has 1 atom stereocenters. The normalized spacial score (nSPS) is 17.0. The van der Waals surface area contributed by atoms with Gasteiger partial charge in [-0.05, 0) is 44.7 Å². The molecule has 0 unspecified atom stereocenters. The van der Waals surface area contributed by atoms with E-state index in [-0.39, 0.29) is 5.91 Å². The number of aryl methyl sites for hydroxylation is 2. The summed E-state index contributed by atoms with van der Waals surface area (Å²) in [5, 5.41) is 10.6. The molecular weight excluding hydrogens is 332 g/mol. The first-order valence-corrected chi connectivity index (χ1v) is 8.64. The molecule has 1 aliphatic heterocycles. The second-order valence-corrected chi connectivity index (χ2v) is 6.67. The van der Waals surface area contributed by atoms with E-state index in [0.717, 1.165) is 54.3 Å². The van der Waals surface area contributed by atoms with Crippen LogP contribution in [-0.2, 0) is 6.42 Å². The largest absolute Gasteiger partial charge is 0.361 e. The van der Waals surface area contributed by atoms with Crippen LogP contribution in [-0.4, -0.2) is 49.2 Å². The van der Waals surface area contributed by atoms with Crippen LogP contribution in [0.2, 0.25) is 0 Å². The van der Waals surface area contributed by atoms with Gasteiger partial charge in [0.05, 0.1) is 17.0 Å². The van der Waals surface area contributed by atoms with Crippen molar-refractivity contribution in [3.05, 3.63) is 47.5 Å². The molecule has 0 aliphatic carbocycles. The number of hydrogen-bond donors (Lipinski definition) is 1. The highest BCUT2D eigenvalue weighted by atomic mass is 16.5. The number of nitrogens with zero attached hydrogens (tertiary/aromatic N) is 5.